The van der Waals surface area contributed by atoms with Gasteiger partial charge in [-0.15, -0.1) is 0 Å². The number of hydrogen-bond acceptors (Lipinski definition) is 4. The van der Waals surface area contributed by atoms with Crippen molar-refractivity contribution >= 4 is 11.9 Å². The van der Waals surface area contributed by atoms with E-state index < -0.39 is 11.9 Å². The lowest BCUT2D eigenvalue weighted by Crippen LogP contribution is -2.09. The van der Waals surface area contributed by atoms with Crippen molar-refractivity contribution in [3.8, 4) is 5.75 Å². The second kappa shape index (κ2) is 7.48. The van der Waals surface area contributed by atoms with E-state index in [1.165, 1.54) is 0 Å². The molecule has 0 bridgehead atoms. The van der Waals surface area contributed by atoms with Crippen LogP contribution in [0, 0.1) is 19.8 Å². The Kier molecular flexibility index (Phi) is 5.97. The fourth-order valence-electron chi connectivity index (χ4n) is 1.36. The lowest BCUT2D eigenvalue weighted by atomic mass is 10.1. The summed E-state index contributed by atoms with van der Waals surface area (Å²) >= 11 is 0. The fourth-order valence-corrected chi connectivity index (χ4v) is 1.36. The van der Waals surface area contributed by atoms with Gasteiger partial charge in [-0.3, -0.25) is 0 Å². The van der Waals surface area contributed by atoms with Gasteiger partial charge in [0.15, 0.2) is 0 Å². The molecule has 0 atom stereocenters. The molecular formula is C16H20O4. The maximum absolute atomic E-state index is 11.5. The maximum Gasteiger partial charge on any atom is 0.336 e. The normalized spacial score (nSPS) is 10.8. The van der Waals surface area contributed by atoms with E-state index in [9.17, 15) is 9.59 Å². The average molecular weight is 276 g/mol. The van der Waals surface area contributed by atoms with Crippen LogP contribution in [0.15, 0.2) is 30.4 Å². The molecule has 0 heterocycles. The molecule has 1 aromatic carbocycles. The Balaban J connectivity index is 2.50. The number of aryl methyl sites for hydroxylation is 2. The van der Waals surface area contributed by atoms with Gasteiger partial charge in [-0.1, -0.05) is 19.9 Å². The van der Waals surface area contributed by atoms with Gasteiger partial charge in [-0.25, -0.2) is 9.59 Å². The highest BCUT2D eigenvalue weighted by Crippen LogP contribution is 2.16. The number of carbonyl (C=O) groups excluding carboxylic acids is 2. The molecule has 0 spiro atoms. The van der Waals surface area contributed by atoms with Gasteiger partial charge in [0.05, 0.1) is 6.61 Å². The predicted octanol–water partition coefficient (Wildman–Crippen LogP) is 2.96. The van der Waals surface area contributed by atoms with Crippen molar-refractivity contribution in [2.24, 2.45) is 5.92 Å². The van der Waals surface area contributed by atoms with Crippen LogP contribution in [-0.2, 0) is 14.3 Å². The Hall–Kier alpha value is -2.10. The zero-order chi connectivity index (χ0) is 15.1. The van der Waals surface area contributed by atoms with Crippen LogP contribution < -0.4 is 4.74 Å². The van der Waals surface area contributed by atoms with Crippen LogP contribution in [0.5, 0.6) is 5.75 Å². The summed E-state index contributed by atoms with van der Waals surface area (Å²) in [7, 11) is 0. The van der Waals surface area contributed by atoms with Crippen LogP contribution in [0.4, 0.5) is 0 Å². The summed E-state index contributed by atoms with van der Waals surface area (Å²) in [5, 5.41) is 0. The minimum atomic E-state index is -0.602. The zero-order valence-electron chi connectivity index (χ0n) is 12.3. The van der Waals surface area contributed by atoms with Crippen molar-refractivity contribution in [1.82, 2.24) is 0 Å². The molecule has 20 heavy (non-hydrogen) atoms. The van der Waals surface area contributed by atoms with Gasteiger partial charge in [0, 0.05) is 12.2 Å². The van der Waals surface area contributed by atoms with Crippen molar-refractivity contribution in [2.75, 3.05) is 6.61 Å². The number of carbonyl (C=O) groups is 2. The third kappa shape index (κ3) is 5.69. The van der Waals surface area contributed by atoms with Gasteiger partial charge in [-0.2, -0.15) is 0 Å². The second-order valence-electron chi connectivity index (χ2n) is 5.02. The van der Waals surface area contributed by atoms with Crippen molar-refractivity contribution in [3.63, 3.8) is 0 Å². The molecule has 0 unspecified atom stereocenters. The summed E-state index contributed by atoms with van der Waals surface area (Å²) in [4.78, 5) is 22.8. The average Bonchev–Trinajstić information content (AvgIpc) is 2.38. The van der Waals surface area contributed by atoms with Gasteiger partial charge < -0.3 is 9.47 Å². The topological polar surface area (TPSA) is 52.6 Å². The van der Waals surface area contributed by atoms with Crippen molar-refractivity contribution in [3.05, 3.63) is 41.5 Å². The maximum atomic E-state index is 11.5. The van der Waals surface area contributed by atoms with Gasteiger partial charge in [-0.05, 0) is 43.0 Å². The van der Waals surface area contributed by atoms with Crippen molar-refractivity contribution in [1.29, 1.82) is 0 Å². The van der Waals surface area contributed by atoms with E-state index in [2.05, 4.69) is 0 Å². The lowest BCUT2D eigenvalue weighted by molar-refractivity contribution is -0.139. The minimum absolute atomic E-state index is 0.259. The highest BCUT2D eigenvalue weighted by molar-refractivity contribution is 5.92. The molecule has 0 saturated heterocycles. The molecule has 0 amide bonds. The van der Waals surface area contributed by atoms with Crippen molar-refractivity contribution < 1.29 is 19.1 Å². The molecule has 4 heteroatoms. The molecule has 0 saturated carbocycles. The van der Waals surface area contributed by atoms with Crippen LogP contribution in [0.25, 0.3) is 0 Å². The van der Waals surface area contributed by atoms with E-state index in [1.54, 1.807) is 12.1 Å². The Morgan fingerprint density at radius 3 is 2.35 bits per heavy atom. The SMILES string of the molecule is Cc1ccc(OC(=O)/C=C/C(=O)OCC(C)C)cc1C. The summed E-state index contributed by atoms with van der Waals surface area (Å²) < 4.78 is 10.00. The van der Waals surface area contributed by atoms with E-state index in [-0.39, 0.29) is 5.92 Å². The van der Waals surface area contributed by atoms with Crippen molar-refractivity contribution in [2.45, 2.75) is 27.7 Å². The monoisotopic (exact) mass is 276 g/mol. The first-order valence-electron chi connectivity index (χ1n) is 6.52. The van der Waals surface area contributed by atoms with Gasteiger partial charge in [0.2, 0.25) is 0 Å². The molecule has 0 fully saturated rings. The highest BCUT2D eigenvalue weighted by atomic mass is 16.5. The Bertz CT molecular complexity index is 515. The molecule has 0 aliphatic heterocycles. The standard InChI is InChI=1S/C16H20O4/c1-11(2)10-19-15(17)7-8-16(18)20-14-6-5-12(3)13(4)9-14/h5-9,11H,10H2,1-4H3/b8-7+. The molecular weight excluding hydrogens is 256 g/mol. The number of ether oxygens (including phenoxy) is 2. The molecule has 1 rings (SSSR count). The smallest absolute Gasteiger partial charge is 0.336 e. The highest BCUT2D eigenvalue weighted by Gasteiger charge is 2.04. The Morgan fingerprint density at radius 1 is 1.10 bits per heavy atom. The summed E-state index contributed by atoms with van der Waals surface area (Å²) in [5.41, 5.74) is 2.16. The van der Waals surface area contributed by atoms with E-state index in [4.69, 9.17) is 9.47 Å². The van der Waals surface area contributed by atoms with Gasteiger partial charge in [0.1, 0.15) is 5.75 Å². The second-order valence-corrected chi connectivity index (χ2v) is 5.02. The Morgan fingerprint density at radius 2 is 1.75 bits per heavy atom. The summed E-state index contributed by atoms with van der Waals surface area (Å²) in [6, 6.07) is 5.36. The molecule has 0 aliphatic rings. The first-order valence-corrected chi connectivity index (χ1v) is 6.52. The summed E-state index contributed by atoms with van der Waals surface area (Å²) in [5.74, 6) is -0.432. The van der Waals surface area contributed by atoms with E-state index in [1.807, 2.05) is 33.8 Å². The molecule has 0 aliphatic carbocycles. The van der Waals surface area contributed by atoms with E-state index >= 15 is 0 Å². The summed E-state index contributed by atoms with van der Waals surface area (Å²) in [6.45, 7) is 8.11. The van der Waals surface area contributed by atoms with Gasteiger partial charge in [0.25, 0.3) is 0 Å². The Labute approximate surface area is 119 Å². The quantitative estimate of drug-likeness (QED) is 0.471. The van der Waals surface area contributed by atoms with E-state index in [0.29, 0.717) is 12.4 Å². The number of esters is 2. The molecule has 108 valence electrons. The molecule has 0 N–H and O–H groups in total. The third-order valence-corrected chi connectivity index (χ3v) is 2.61. The number of benzene rings is 1. The number of rotatable bonds is 5. The van der Waals surface area contributed by atoms with E-state index in [0.717, 1.165) is 23.3 Å². The summed E-state index contributed by atoms with van der Waals surface area (Å²) in [6.07, 6.45) is 2.14. The van der Waals surface area contributed by atoms with Crippen LogP contribution in [0.1, 0.15) is 25.0 Å². The van der Waals surface area contributed by atoms with Crippen LogP contribution >= 0.6 is 0 Å². The first-order chi connectivity index (χ1) is 9.38. The zero-order valence-corrected chi connectivity index (χ0v) is 12.3. The number of hydrogen-bond donors (Lipinski definition) is 0. The fraction of sp³-hybridized carbons (Fsp3) is 0.375. The van der Waals surface area contributed by atoms with Crippen LogP contribution in [-0.4, -0.2) is 18.5 Å². The molecule has 0 radical (unpaired) electrons. The first kappa shape index (κ1) is 16.0. The largest absolute Gasteiger partial charge is 0.462 e. The molecule has 4 nitrogen and oxygen atoms in total. The lowest BCUT2D eigenvalue weighted by Gasteiger charge is -2.05. The van der Waals surface area contributed by atoms with Crippen LogP contribution in [0.2, 0.25) is 0 Å². The van der Waals surface area contributed by atoms with Crippen LogP contribution in [0.3, 0.4) is 0 Å². The van der Waals surface area contributed by atoms with Gasteiger partial charge >= 0.3 is 11.9 Å². The molecule has 1 aromatic rings. The minimum Gasteiger partial charge on any atom is -0.462 e. The predicted molar refractivity (Wildman–Crippen MR) is 76.5 cm³/mol. The third-order valence-electron chi connectivity index (χ3n) is 2.61. The molecule has 0 aromatic heterocycles.